The zero-order valence-electron chi connectivity index (χ0n) is 8.02. The molecule has 2 heterocycles. The van der Waals surface area contributed by atoms with E-state index < -0.39 is 6.10 Å². The lowest BCUT2D eigenvalue weighted by molar-refractivity contribution is 0.203. The fourth-order valence-corrected chi connectivity index (χ4v) is 2.77. The third-order valence-electron chi connectivity index (χ3n) is 1.91. The molecule has 1 atom stereocenters. The van der Waals surface area contributed by atoms with Gasteiger partial charge in [0, 0.05) is 22.0 Å². The van der Waals surface area contributed by atoms with Crippen molar-refractivity contribution in [1.82, 2.24) is 4.98 Å². The van der Waals surface area contributed by atoms with Crippen LogP contribution in [0.25, 0.3) is 10.6 Å². The van der Waals surface area contributed by atoms with Crippen molar-refractivity contribution < 1.29 is 5.11 Å². The van der Waals surface area contributed by atoms with Crippen LogP contribution in [-0.2, 0) is 0 Å². The van der Waals surface area contributed by atoms with Crippen LogP contribution in [0.15, 0.2) is 17.6 Å². The Morgan fingerprint density at radius 3 is 2.79 bits per heavy atom. The smallest absolute Gasteiger partial charge is 0.124 e. The van der Waals surface area contributed by atoms with Gasteiger partial charge >= 0.3 is 0 Å². The summed E-state index contributed by atoms with van der Waals surface area (Å²) in [7, 11) is 0. The Balaban J connectivity index is 2.33. The molecule has 0 spiro atoms. The minimum absolute atomic E-state index is 0.416. The highest BCUT2D eigenvalue weighted by Crippen LogP contribution is 2.31. The van der Waals surface area contributed by atoms with Crippen LogP contribution in [0.5, 0.6) is 0 Å². The number of rotatable bonds is 2. The molecule has 74 valence electrons. The summed E-state index contributed by atoms with van der Waals surface area (Å²) in [5.74, 6) is 0. The Morgan fingerprint density at radius 1 is 1.50 bits per heavy atom. The second-order valence-electron chi connectivity index (χ2n) is 3.19. The van der Waals surface area contributed by atoms with Crippen LogP contribution < -0.4 is 0 Å². The van der Waals surface area contributed by atoms with Crippen LogP contribution in [0, 0.1) is 6.92 Å². The number of hydrogen-bond donors (Lipinski definition) is 1. The maximum atomic E-state index is 9.36. The third kappa shape index (κ3) is 1.87. The Bertz CT molecular complexity index is 431. The molecule has 0 fully saturated rings. The summed E-state index contributed by atoms with van der Waals surface area (Å²) < 4.78 is 0. The highest BCUT2D eigenvalue weighted by atomic mass is 32.1. The highest BCUT2D eigenvalue weighted by Gasteiger charge is 2.09. The lowest BCUT2D eigenvalue weighted by atomic mass is 10.3. The van der Waals surface area contributed by atoms with E-state index in [0.717, 1.165) is 15.4 Å². The van der Waals surface area contributed by atoms with Gasteiger partial charge < -0.3 is 5.11 Å². The van der Waals surface area contributed by atoms with Gasteiger partial charge in [0.05, 0.1) is 11.0 Å². The van der Waals surface area contributed by atoms with E-state index in [1.165, 1.54) is 4.88 Å². The van der Waals surface area contributed by atoms with Crippen molar-refractivity contribution >= 4 is 22.7 Å². The number of aliphatic hydroxyl groups is 1. The van der Waals surface area contributed by atoms with E-state index in [1.807, 2.05) is 0 Å². The number of thiophene rings is 1. The molecule has 14 heavy (non-hydrogen) atoms. The average Bonchev–Trinajstić information content (AvgIpc) is 2.70. The van der Waals surface area contributed by atoms with Crippen molar-refractivity contribution in [1.29, 1.82) is 0 Å². The summed E-state index contributed by atoms with van der Waals surface area (Å²) in [6, 6.07) is 2.12. The lowest BCUT2D eigenvalue weighted by Crippen LogP contribution is -1.83. The molecule has 2 nitrogen and oxygen atoms in total. The molecule has 0 bridgehead atoms. The van der Waals surface area contributed by atoms with E-state index in [2.05, 4.69) is 23.4 Å². The van der Waals surface area contributed by atoms with Crippen molar-refractivity contribution in [2.24, 2.45) is 0 Å². The summed E-state index contributed by atoms with van der Waals surface area (Å²) in [6.07, 6.45) is 1.33. The second-order valence-corrected chi connectivity index (χ2v) is 5.37. The minimum Gasteiger partial charge on any atom is -0.388 e. The van der Waals surface area contributed by atoms with Crippen LogP contribution in [-0.4, -0.2) is 10.1 Å². The zero-order chi connectivity index (χ0) is 10.1. The molecule has 0 saturated carbocycles. The quantitative estimate of drug-likeness (QED) is 0.851. The first-order valence-corrected chi connectivity index (χ1v) is 6.05. The predicted molar refractivity (Wildman–Crippen MR) is 60.8 cm³/mol. The number of thiazole rings is 1. The SMILES string of the molecule is Cc1cc(-c2ncc(C(C)O)s2)cs1. The Labute approximate surface area is 90.9 Å². The molecule has 0 amide bonds. The van der Waals surface area contributed by atoms with Crippen molar-refractivity contribution in [3.8, 4) is 10.6 Å². The van der Waals surface area contributed by atoms with E-state index in [-0.39, 0.29) is 0 Å². The van der Waals surface area contributed by atoms with Gasteiger partial charge in [-0.05, 0) is 19.9 Å². The van der Waals surface area contributed by atoms with Gasteiger partial charge in [-0.2, -0.15) is 0 Å². The third-order valence-corrected chi connectivity index (χ3v) is 3.99. The summed E-state index contributed by atoms with van der Waals surface area (Å²) in [5.41, 5.74) is 1.16. The lowest BCUT2D eigenvalue weighted by Gasteiger charge is -1.95. The van der Waals surface area contributed by atoms with Crippen LogP contribution in [0.3, 0.4) is 0 Å². The van der Waals surface area contributed by atoms with Gasteiger partial charge in [-0.15, -0.1) is 22.7 Å². The molecule has 4 heteroatoms. The predicted octanol–water partition coefficient (Wildman–Crippen LogP) is 3.23. The molecular formula is C10H11NOS2. The molecule has 0 aliphatic rings. The second kappa shape index (κ2) is 3.81. The van der Waals surface area contributed by atoms with Gasteiger partial charge in [0.1, 0.15) is 5.01 Å². The first-order valence-electron chi connectivity index (χ1n) is 4.36. The Hall–Kier alpha value is -0.710. The molecule has 2 aromatic heterocycles. The summed E-state index contributed by atoms with van der Waals surface area (Å²) in [5, 5.41) is 12.5. The van der Waals surface area contributed by atoms with Crippen molar-refractivity contribution in [2.45, 2.75) is 20.0 Å². The van der Waals surface area contributed by atoms with Crippen LogP contribution in [0.4, 0.5) is 0 Å². The first-order chi connectivity index (χ1) is 6.66. The van der Waals surface area contributed by atoms with Gasteiger partial charge in [0.15, 0.2) is 0 Å². The Morgan fingerprint density at radius 2 is 2.29 bits per heavy atom. The summed E-state index contributed by atoms with van der Waals surface area (Å²) in [6.45, 7) is 3.84. The van der Waals surface area contributed by atoms with E-state index in [4.69, 9.17) is 0 Å². The van der Waals surface area contributed by atoms with Crippen LogP contribution in [0.2, 0.25) is 0 Å². The first kappa shape index (κ1) is 9.83. The standard InChI is InChI=1S/C10H11NOS2/c1-6-3-8(5-13-6)10-11-4-9(14-10)7(2)12/h3-5,7,12H,1-2H3. The summed E-state index contributed by atoms with van der Waals surface area (Å²) >= 11 is 3.27. The van der Waals surface area contributed by atoms with Crippen LogP contribution in [0.1, 0.15) is 22.8 Å². The molecule has 0 radical (unpaired) electrons. The van der Waals surface area contributed by atoms with Gasteiger partial charge in [-0.1, -0.05) is 0 Å². The minimum atomic E-state index is -0.416. The molecule has 0 aliphatic heterocycles. The normalized spacial score (nSPS) is 13.1. The monoisotopic (exact) mass is 225 g/mol. The van der Waals surface area contributed by atoms with Crippen LogP contribution >= 0.6 is 22.7 Å². The van der Waals surface area contributed by atoms with Crippen molar-refractivity contribution in [2.75, 3.05) is 0 Å². The molecule has 0 aromatic carbocycles. The molecule has 0 aliphatic carbocycles. The van der Waals surface area contributed by atoms with Crippen molar-refractivity contribution in [3.63, 3.8) is 0 Å². The number of hydrogen-bond acceptors (Lipinski definition) is 4. The van der Waals surface area contributed by atoms with E-state index in [1.54, 1.807) is 35.8 Å². The number of aromatic nitrogens is 1. The van der Waals surface area contributed by atoms with Gasteiger partial charge in [-0.3, -0.25) is 0 Å². The maximum absolute atomic E-state index is 9.36. The van der Waals surface area contributed by atoms with Gasteiger partial charge in [0.2, 0.25) is 0 Å². The topological polar surface area (TPSA) is 33.1 Å². The van der Waals surface area contributed by atoms with Crippen molar-refractivity contribution in [3.05, 3.63) is 27.4 Å². The molecule has 1 N–H and O–H groups in total. The number of aryl methyl sites for hydroxylation is 1. The van der Waals surface area contributed by atoms with E-state index in [0.29, 0.717) is 0 Å². The molecule has 1 unspecified atom stereocenters. The van der Waals surface area contributed by atoms with E-state index in [9.17, 15) is 5.11 Å². The Kier molecular flexibility index (Phi) is 2.67. The molecule has 2 rings (SSSR count). The molecule has 2 aromatic rings. The molecule has 0 saturated heterocycles. The fourth-order valence-electron chi connectivity index (χ4n) is 1.17. The average molecular weight is 225 g/mol. The van der Waals surface area contributed by atoms with Gasteiger partial charge in [-0.25, -0.2) is 4.98 Å². The number of nitrogens with zero attached hydrogens (tertiary/aromatic N) is 1. The largest absolute Gasteiger partial charge is 0.388 e. The van der Waals surface area contributed by atoms with E-state index >= 15 is 0 Å². The maximum Gasteiger partial charge on any atom is 0.124 e. The zero-order valence-corrected chi connectivity index (χ0v) is 9.65. The number of aliphatic hydroxyl groups excluding tert-OH is 1. The van der Waals surface area contributed by atoms with Gasteiger partial charge in [0.25, 0.3) is 0 Å². The summed E-state index contributed by atoms with van der Waals surface area (Å²) in [4.78, 5) is 6.49. The highest BCUT2D eigenvalue weighted by molar-refractivity contribution is 7.15. The fraction of sp³-hybridized carbons (Fsp3) is 0.300. The molecular weight excluding hydrogens is 214 g/mol.